The molecule has 112 valence electrons. The number of nitrogen functional groups attached to an aromatic ring is 1. The second kappa shape index (κ2) is 5.60. The summed E-state index contributed by atoms with van der Waals surface area (Å²) in [5.74, 6) is 0.0352. The third-order valence-corrected chi connectivity index (χ3v) is 3.17. The van der Waals surface area contributed by atoms with Crippen LogP contribution >= 0.6 is 7.60 Å². The number of aliphatic hydroxyl groups is 1. The van der Waals surface area contributed by atoms with Crippen LogP contribution in [0, 0.1) is 0 Å². The molecular formula is C9H14N3O7P. The maximum atomic E-state index is 11.6. The Balaban J connectivity index is 2.09. The molecule has 0 unspecified atom stereocenters. The van der Waals surface area contributed by atoms with Crippen molar-refractivity contribution in [2.45, 2.75) is 18.4 Å². The summed E-state index contributed by atoms with van der Waals surface area (Å²) in [6, 6.07) is 1.36. The van der Waals surface area contributed by atoms with E-state index in [2.05, 4.69) is 4.98 Å². The molecule has 20 heavy (non-hydrogen) atoms. The second-order valence-corrected chi connectivity index (χ2v) is 5.84. The second-order valence-electron chi connectivity index (χ2n) is 4.26. The molecule has 1 aliphatic rings. The molecular weight excluding hydrogens is 293 g/mol. The first-order valence-corrected chi connectivity index (χ1v) is 7.38. The van der Waals surface area contributed by atoms with Crippen molar-refractivity contribution < 1.29 is 28.9 Å². The topological polar surface area (TPSA) is 157 Å². The summed E-state index contributed by atoms with van der Waals surface area (Å²) in [5.41, 5.74) is 4.64. The molecule has 2 rings (SSSR count). The lowest BCUT2D eigenvalue weighted by molar-refractivity contribution is -0.0317. The molecule has 2 heterocycles. The third kappa shape index (κ3) is 3.42. The molecule has 1 aromatic rings. The summed E-state index contributed by atoms with van der Waals surface area (Å²) in [5, 5.41) is 9.97. The Kier molecular flexibility index (Phi) is 4.23. The van der Waals surface area contributed by atoms with E-state index < -0.39 is 38.1 Å². The minimum atomic E-state index is -4.34. The molecule has 0 amide bonds. The minimum Gasteiger partial charge on any atom is -0.386 e. The maximum Gasteiger partial charge on any atom is 0.351 e. The van der Waals surface area contributed by atoms with E-state index in [-0.39, 0.29) is 12.4 Å². The fraction of sp³-hybridized carbons (Fsp3) is 0.556. The lowest BCUT2D eigenvalue weighted by atomic mass is 10.2. The number of nitrogens with two attached hydrogens (primary N) is 1. The number of anilines is 1. The van der Waals surface area contributed by atoms with Crippen molar-refractivity contribution in [2.75, 3.05) is 18.7 Å². The van der Waals surface area contributed by atoms with Crippen LogP contribution in [0.25, 0.3) is 0 Å². The van der Waals surface area contributed by atoms with Gasteiger partial charge in [0.2, 0.25) is 0 Å². The molecule has 5 N–H and O–H groups in total. The Labute approximate surface area is 112 Å². The van der Waals surface area contributed by atoms with Crippen LogP contribution in [0.4, 0.5) is 5.82 Å². The van der Waals surface area contributed by atoms with Crippen molar-refractivity contribution in [3.63, 3.8) is 0 Å². The fourth-order valence-electron chi connectivity index (χ4n) is 1.78. The molecule has 0 bridgehead atoms. The molecule has 1 fully saturated rings. The van der Waals surface area contributed by atoms with Gasteiger partial charge in [0, 0.05) is 6.20 Å². The van der Waals surface area contributed by atoms with Gasteiger partial charge in [-0.1, -0.05) is 0 Å². The van der Waals surface area contributed by atoms with Gasteiger partial charge in [-0.05, 0) is 6.07 Å². The molecule has 10 nitrogen and oxygen atoms in total. The highest BCUT2D eigenvalue weighted by molar-refractivity contribution is 7.51. The zero-order valence-electron chi connectivity index (χ0n) is 10.2. The summed E-state index contributed by atoms with van der Waals surface area (Å²) in [6.45, 7) is -0.108. The summed E-state index contributed by atoms with van der Waals surface area (Å²) in [7, 11) is -4.34. The summed E-state index contributed by atoms with van der Waals surface area (Å²) < 4.78 is 21.8. The van der Waals surface area contributed by atoms with Gasteiger partial charge in [-0.25, -0.2) is 4.79 Å². The zero-order chi connectivity index (χ0) is 14.9. The summed E-state index contributed by atoms with van der Waals surface area (Å²) in [4.78, 5) is 32.5. The number of rotatable bonds is 4. The first-order valence-electron chi connectivity index (χ1n) is 5.58. The van der Waals surface area contributed by atoms with Crippen molar-refractivity contribution in [2.24, 2.45) is 0 Å². The lowest BCUT2D eigenvalue weighted by Gasteiger charge is -2.19. The van der Waals surface area contributed by atoms with Crippen LogP contribution in [-0.2, 0) is 14.0 Å². The smallest absolute Gasteiger partial charge is 0.351 e. The van der Waals surface area contributed by atoms with Crippen LogP contribution in [0.2, 0.25) is 0 Å². The van der Waals surface area contributed by atoms with E-state index in [1.54, 1.807) is 0 Å². The quantitative estimate of drug-likeness (QED) is 0.473. The zero-order valence-corrected chi connectivity index (χ0v) is 11.1. The first-order chi connectivity index (χ1) is 9.28. The Bertz CT molecular complexity index is 585. The van der Waals surface area contributed by atoms with E-state index in [0.717, 1.165) is 4.57 Å². The van der Waals surface area contributed by atoms with Crippen LogP contribution < -0.4 is 11.4 Å². The number of hydrogen-bond acceptors (Lipinski definition) is 7. The maximum absolute atomic E-state index is 11.6. The number of aromatic nitrogens is 2. The lowest BCUT2D eigenvalue weighted by Crippen LogP contribution is -2.36. The highest BCUT2D eigenvalue weighted by Gasteiger charge is 2.39. The van der Waals surface area contributed by atoms with E-state index in [9.17, 15) is 14.5 Å². The van der Waals surface area contributed by atoms with E-state index in [0.29, 0.717) is 0 Å². The Morgan fingerprint density at radius 3 is 2.90 bits per heavy atom. The van der Waals surface area contributed by atoms with E-state index in [1.165, 1.54) is 12.3 Å². The van der Waals surface area contributed by atoms with Crippen LogP contribution in [0.1, 0.15) is 6.23 Å². The average Bonchev–Trinajstić information content (AvgIpc) is 2.67. The molecule has 0 spiro atoms. The summed E-state index contributed by atoms with van der Waals surface area (Å²) in [6.07, 6.45) is -2.78. The van der Waals surface area contributed by atoms with Gasteiger partial charge < -0.3 is 30.1 Å². The van der Waals surface area contributed by atoms with Crippen molar-refractivity contribution in [3.8, 4) is 0 Å². The minimum absolute atomic E-state index is 0.0352. The summed E-state index contributed by atoms with van der Waals surface area (Å²) >= 11 is 0. The standard InChI is InChI=1S/C9H14N3O7P/c10-6-1-2-12(9(14)11-6)8-7(13)5(3-18-8)19-4-20(15,16)17/h1-2,5,7-8,13H,3-4H2,(H2,10,11,14)(H2,15,16,17)/t5-,7+,8+/m0/s1. The van der Waals surface area contributed by atoms with Gasteiger partial charge >= 0.3 is 13.3 Å². The molecule has 3 atom stereocenters. The molecule has 11 heteroatoms. The van der Waals surface area contributed by atoms with E-state index in [1.807, 2.05) is 0 Å². The van der Waals surface area contributed by atoms with E-state index >= 15 is 0 Å². The SMILES string of the molecule is Nc1ccn([C@@H]2OC[C@H](OCP(=O)(O)O)[C@H]2O)c(=O)n1. The highest BCUT2D eigenvalue weighted by atomic mass is 31.2. The van der Waals surface area contributed by atoms with Crippen molar-refractivity contribution in [1.82, 2.24) is 9.55 Å². The van der Waals surface area contributed by atoms with Crippen LogP contribution in [0.3, 0.4) is 0 Å². The van der Waals surface area contributed by atoms with Gasteiger partial charge in [0.25, 0.3) is 0 Å². The van der Waals surface area contributed by atoms with Crippen molar-refractivity contribution in [3.05, 3.63) is 22.7 Å². The molecule has 0 radical (unpaired) electrons. The Hall–Kier alpha value is -1.29. The number of hydrogen-bond donors (Lipinski definition) is 4. The van der Waals surface area contributed by atoms with Crippen molar-refractivity contribution >= 4 is 13.4 Å². The number of aliphatic hydroxyl groups excluding tert-OH is 1. The normalized spacial score (nSPS) is 26.9. The largest absolute Gasteiger partial charge is 0.386 e. The van der Waals surface area contributed by atoms with Crippen LogP contribution in [0.5, 0.6) is 0 Å². The first kappa shape index (κ1) is 15.1. The van der Waals surface area contributed by atoms with Crippen molar-refractivity contribution in [1.29, 1.82) is 0 Å². The van der Waals surface area contributed by atoms with E-state index in [4.69, 9.17) is 25.0 Å². The molecule has 0 aliphatic carbocycles. The molecule has 0 aromatic carbocycles. The monoisotopic (exact) mass is 307 g/mol. The number of ether oxygens (including phenoxy) is 2. The van der Waals surface area contributed by atoms with Gasteiger partial charge in [0.15, 0.2) is 6.23 Å². The predicted octanol–water partition coefficient (Wildman–Crippen LogP) is -1.76. The highest BCUT2D eigenvalue weighted by Crippen LogP contribution is 2.36. The Morgan fingerprint density at radius 2 is 2.30 bits per heavy atom. The molecule has 1 saturated heterocycles. The predicted molar refractivity (Wildman–Crippen MR) is 65.7 cm³/mol. The van der Waals surface area contributed by atoms with Gasteiger partial charge in [0.05, 0.1) is 6.61 Å². The Morgan fingerprint density at radius 1 is 1.60 bits per heavy atom. The van der Waals surface area contributed by atoms with Gasteiger partial charge in [0.1, 0.15) is 24.4 Å². The van der Waals surface area contributed by atoms with Crippen LogP contribution in [0.15, 0.2) is 17.1 Å². The third-order valence-electron chi connectivity index (χ3n) is 2.69. The average molecular weight is 307 g/mol. The molecule has 1 aliphatic heterocycles. The fourth-order valence-corrected chi connectivity index (χ4v) is 2.16. The van der Waals surface area contributed by atoms with Crippen LogP contribution in [-0.4, -0.2) is 49.6 Å². The van der Waals surface area contributed by atoms with Gasteiger partial charge in [-0.2, -0.15) is 4.98 Å². The molecule has 0 saturated carbocycles. The molecule has 1 aromatic heterocycles. The van der Waals surface area contributed by atoms with Gasteiger partial charge in [-0.15, -0.1) is 0 Å². The number of nitrogens with zero attached hydrogens (tertiary/aromatic N) is 2. The van der Waals surface area contributed by atoms with Gasteiger partial charge in [-0.3, -0.25) is 9.13 Å².